The second-order valence-corrected chi connectivity index (χ2v) is 7.94. The lowest BCUT2D eigenvalue weighted by Crippen LogP contribution is -2.29. The zero-order valence-corrected chi connectivity index (χ0v) is 17.3. The minimum absolute atomic E-state index is 0.148. The molecule has 3 aromatic rings. The van der Waals surface area contributed by atoms with E-state index < -0.39 is 0 Å². The predicted molar refractivity (Wildman–Crippen MR) is 118 cm³/mol. The molecule has 3 aromatic carbocycles. The number of amides is 2. The fourth-order valence-electron chi connectivity index (χ4n) is 2.96. The molecule has 0 spiro atoms. The van der Waals surface area contributed by atoms with Crippen LogP contribution >= 0.6 is 11.8 Å². The topological polar surface area (TPSA) is 58.2 Å². The molecule has 0 aliphatic carbocycles. The van der Waals surface area contributed by atoms with E-state index in [0.717, 1.165) is 26.6 Å². The Bertz CT molecular complexity index is 972. The van der Waals surface area contributed by atoms with Crippen LogP contribution in [0.2, 0.25) is 0 Å². The molecular weight excluding hydrogens is 380 g/mol. The van der Waals surface area contributed by atoms with E-state index in [1.54, 1.807) is 11.8 Å². The van der Waals surface area contributed by atoms with Gasteiger partial charge in [-0.05, 0) is 36.8 Å². The number of aryl methyl sites for hydroxylation is 1. The molecule has 3 rings (SSSR count). The average Bonchev–Trinajstić information content (AvgIpc) is 2.70. The third-order valence-corrected chi connectivity index (χ3v) is 5.46. The summed E-state index contributed by atoms with van der Waals surface area (Å²) in [5.74, 6) is -0.311. The highest BCUT2D eigenvalue weighted by molar-refractivity contribution is 7.99. The van der Waals surface area contributed by atoms with Gasteiger partial charge in [-0.2, -0.15) is 0 Å². The fourth-order valence-corrected chi connectivity index (χ4v) is 3.88. The summed E-state index contributed by atoms with van der Waals surface area (Å²) in [6, 6.07) is 25.2. The Morgan fingerprint density at radius 1 is 0.897 bits per heavy atom. The van der Waals surface area contributed by atoms with Crippen molar-refractivity contribution in [3.05, 3.63) is 90.0 Å². The quantitative estimate of drug-likeness (QED) is 0.558. The molecule has 0 saturated heterocycles. The van der Waals surface area contributed by atoms with Crippen LogP contribution in [0.5, 0.6) is 0 Å². The van der Waals surface area contributed by atoms with Gasteiger partial charge >= 0.3 is 0 Å². The monoisotopic (exact) mass is 404 g/mol. The number of anilines is 1. The summed E-state index contributed by atoms with van der Waals surface area (Å²) in [5.41, 5.74) is 2.80. The van der Waals surface area contributed by atoms with Crippen molar-refractivity contribution in [3.8, 4) is 0 Å². The Labute approximate surface area is 175 Å². The van der Waals surface area contributed by atoms with Gasteiger partial charge < -0.3 is 10.6 Å². The maximum Gasteiger partial charge on any atom is 0.226 e. The SMILES string of the molecule is CC(=O)NC(CC(=O)Nc1ccccc1Sc1ccccc1)c1ccc(C)cc1. The number of benzene rings is 3. The van der Waals surface area contributed by atoms with Crippen molar-refractivity contribution in [3.63, 3.8) is 0 Å². The third kappa shape index (κ3) is 6.22. The molecule has 5 heteroatoms. The molecule has 148 valence electrons. The van der Waals surface area contributed by atoms with Crippen LogP contribution in [0.15, 0.2) is 88.7 Å². The van der Waals surface area contributed by atoms with Crippen LogP contribution in [0.3, 0.4) is 0 Å². The van der Waals surface area contributed by atoms with Gasteiger partial charge in [-0.15, -0.1) is 0 Å². The van der Waals surface area contributed by atoms with Crippen molar-refractivity contribution in [2.75, 3.05) is 5.32 Å². The lowest BCUT2D eigenvalue weighted by molar-refractivity contribution is -0.120. The van der Waals surface area contributed by atoms with Gasteiger partial charge in [-0.3, -0.25) is 9.59 Å². The normalized spacial score (nSPS) is 11.5. The summed E-state index contributed by atoms with van der Waals surface area (Å²) in [4.78, 5) is 26.5. The Morgan fingerprint density at radius 3 is 2.24 bits per heavy atom. The number of carbonyl (C=O) groups excluding carboxylic acids is 2. The smallest absolute Gasteiger partial charge is 0.226 e. The first kappa shape index (κ1) is 20.7. The minimum atomic E-state index is -0.373. The molecule has 0 aromatic heterocycles. The molecule has 0 heterocycles. The molecule has 29 heavy (non-hydrogen) atoms. The van der Waals surface area contributed by atoms with Crippen LogP contribution in [-0.2, 0) is 9.59 Å². The summed E-state index contributed by atoms with van der Waals surface area (Å²) in [6.07, 6.45) is 0.160. The first-order valence-corrected chi connectivity index (χ1v) is 10.3. The first-order chi connectivity index (χ1) is 14.0. The summed E-state index contributed by atoms with van der Waals surface area (Å²) in [6.45, 7) is 3.47. The van der Waals surface area contributed by atoms with E-state index in [0.29, 0.717) is 0 Å². The molecule has 0 fully saturated rings. The van der Waals surface area contributed by atoms with E-state index in [9.17, 15) is 9.59 Å². The van der Waals surface area contributed by atoms with Crippen molar-refractivity contribution < 1.29 is 9.59 Å². The van der Waals surface area contributed by atoms with Crippen molar-refractivity contribution in [1.29, 1.82) is 0 Å². The molecule has 1 atom stereocenters. The van der Waals surface area contributed by atoms with Crippen LogP contribution < -0.4 is 10.6 Å². The molecule has 2 amide bonds. The first-order valence-electron chi connectivity index (χ1n) is 9.47. The van der Waals surface area contributed by atoms with Crippen LogP contribution in [0.4, 0.5) is 5.69 Å². The van der Waals surface area contributed by atoms with Crippen LogP contribution in [-0.4, -0.2) is 11.8 Å². The summed E-state index contributed by atoms with van der Waals surface area (Å²) in [7, 11) is 0. The Kier molecular flexibility index (Phi) is 7.09. The van der Waals surface area contributed by atoms with Crippen molar-refractivity contribution in [1.82, 2.24) is 5.32 Å². The summed E-state index contributed by atoms with van der Waals surface area (Å²) >= 11 is 1.60. The van der Waals surface area contributed by atoms with E-state index in [1.807, 2.05) is 85.8 Å². The molecule has 0 bridgehead atoms. The van der Waals surface area contributed by atoms with Gasteiger partial charge in [0.25, 0.3) is 0 Å². The third-order valence-electron chi connectivity index (χ3n) is 4.38. The number of hydrogen-bond donors (Lipinski definition) is 2. The minimum Gasteiger partial charge on any atom is -0.349 e. The number of rotatable bonds is 7. The van der Waals surface area contributed by atoms with E-state index in [1.165, 1.54) is 6.92 Å². The Morgan fingerprint density at radius 2 is 1.55 bits per heavy atom. The van der Waals surface area contributed by atoms with Gasteiger partial charge in [-0.1, -0.05) is 71.9 Å². The van der Waals surface area contributed by atoms with Crippen molar-refractivity contribution in [2.24, 2.45) is 0 Å². The van der Waals surface area contributed by atoms with E-state index >= 15 is 0 Å². The summed E-state index contributed by atoms with van der Waals surface area (Å²) in [5, 5.41) is 5.89. The average molecular weight is 405 g/mol. The van der Waals surface area contributed by atoms with Gasteiger partial charge in [0.15, 0.2) is 0 Å². The second-order valence-electron chi connectivity index (χ2n) is 6.83. The molecule has 1 unspecified atom stereocenters. The van der Waals surface area contributed by atoms with Crippen molar-refractivity contribution in [2.45, 2.75) is 36.1 Å². The molecule has 0 aliphatic rings. The number of hydrogen-bond acceptors (Lipinski definition) is 3. The molecular formula is C24H24N2O2S. The lowest BCUT2D eigenvalue weighted by Gasteiger charge is -2.19. The van der Waals surface area contributed by atoms with E-state index in [2.05, 4.69) is 10.6 Å². The molecule has 0 radical (unpaired) electrons. The predicted octanol–water partition coefficient (Wildman–Crippen LogP) is 5.35. The van der Waals surface area contributed by atoms with Gasteiger partial charge in [0, 0.05) is 16.7 Å². The van der Waals surface area contributed by atoms with Gasteiger partial charge in [-0.25, -0.2) is 0 Å². The number of carbonyl (C=O) groups is 2. The highest BCUT2D eigenvalue weighted by atomic mass is 32.2. The molecule has 0 aliphatic heterocycles. The van der Waals surface area contributed by atoms with Gasteiger partial charge in [0.05, 0.1) is 18.2 Å². The van der Waals surface area contributed by atoms with E-state index in [4.69, 9.17) is 0 Å². The van der Waals surface area contributed by atoms with Crippen LogP contribution in [0, 0.1) is 6.92 Å². The molecule has 0 saturated carbocycles. The molecule has 4 nitrogen and oxygen atoms in total. The van der Waals surface area contributed by atoms with Crippen LogP contribution in [0.1, 0.15) is 30.5 Å². The highest BCUT2D eigenvalue weighted by Gasteiger charge is 2.18. The maximum atomic E-state index is 12.8. The fraction of sp³-hybridized carbons (Fsp3) is 0.167. The van der Waals surface area contributed by atoms with Crippen LogP contribution in [0.25, 0.3) is 0 Å². The van der Waals surface area contributed by atoms with Gasteiger partial charge in [0.2, 0.25) is 11.8 Å². The summed E-state index contributed by atoms with van der Waals surface area (Å²) < 4.78 is 0. The second kappa shape index (κ2) is 9.94. The standard InChI is InChI=1S/C24H24N2O2S/c1-17-12-14-19(15-13-17)22(25-18(2)27)16-24(28)26-21-10-6-7-11-23(21)29-20-8-4-3-5-9-20/h3-15,22H,16H2,1-2H3,(H,25,27)(H,26,28). The van der Waals surface area contributed by atoms with Crippen molar-refractivity contribution >= 4 is 29.3 Å². The lowest BCUT2D eigenvalue weighted by atomic mass is 10.0. The Hall–Kier alpha value is -3.05. The zero-order valence-electron chi connectivity index (χ0n) is 16.5. The maximum absolute atomic E-state index is 12.8. The molecule has 2 N–H and O–H groups in total. The number of para-hydroxylation sites is 1. The zero-order chi connectivity index (χ0) is 20.6. The highest BCUT2D eigenvalue weighted by Crippen LogP contribution is 2.33. The van der Waals surface area contributed by atoms with Gasteiger partial charge in [0.1, 0.15) is 0 Å². The van der Waals surface area contributed by atoms with E-state index in [-0.39, 0.29) is 24.3 Å². The number of nitrogens with one attached hydrogen (secondary N) is 2. The Balaban J connectivity index is 1.73. The largest absolute Gasteiger partial charge is 0.349 e.